The van der Waals surface area contributed by atoms with E-state index < -0.39 is 0 Å². The number of rotatable bonds is 6. The van der Waals surface area contributed by atoms with Crippen LogP contribution in [0, 0.1) is 5.92 Å². The molecule has 88 valence electrons. The Morgan fingerprint density at radius 1 is 1.60 bits per heavy atom. The second-order valence-corrected chi connectivity index (χ2v) is 3.64. The van der Waals surface area contributed by atoms with Gasteiger partial charge in [-0.2, -0.15) is 0 Å². The minimum Gasteiger partial charge on any atom is -0.409 e. The number of hydrogen-bond acceptors (Lipinski definition) is 4. The highest BCUT2D eigenvalue weighted by atomic mass is 16.5. The lowest BCUT2D eigenvalue weighted by Crippen LogP contribution is -2.42. The number of amides is 1. The van der Waals surface area contributed by atoms with Gasteiger partial charge in [0.2, 0.25) is 5.91 Å². The molecular weight excluding hydrogens is 198 g/mol. The Labute approximate surface area is 89.5 Å². The van der Waals surface area contributed by atoms with Gasteiger partial charge < -0.3 is 21.0 Å². The van der Waals surface area contributed by atoms with Gasteiger partial charge in [-0.05, 0) is 5.92 Å². The minimum absolute atomic E-state index is 0.0611. The first kappa shape index (κ1) is 13.7. The van der Waals surface area contributed by atoms with Crippen LogP contribution < -0.4 is 11.1 Å². The van der Waals surface area contributed by atoms with Crippen LogP contribution in [-0.4, -0.2) is 36.7 Å². The van der Waals surface area contributed by atoms with Crippen molar-refractivity contribution in [2.75, 3.05) is 13.7 Å². The van der Waals surface area contributed by atoms with Gasteiger partial charge in [0.05, 0.1) is 19.1 Å². The summed E-state index contributed by atoms with van der Waals surface area (Å²) in [5, 5.41) is 13.8. The van der Waals surface area contributed by atoms with Gasteiger partial charge >= 0.3 is 0 Å². The molecule has 0 saturated heterocycles. The van der Waals surface area contributed by atoms with Gasteiger partial charge in [-0.1, -0.05) is 19.0 Å². The first-order valence-corrected chi connectivity index (χ1v) is 4.76. The van der Waals surface area contributed by atoms with Crippen LogP contribution in [0.4, 0.5) is 0 Å². The molecule has 6 heteroatoms. The number of nitrogens with two attached hydrogens (primary N) is 1. The number of nitrogens with zero attached hydrogens (tertiary/aromatic N) is 1. The molecule has 0 aliphatic rings. The smallest absolute Gasteiger partial charge is 0.228 e. The molecule has 0 aliphatic carbocycles. The Balaban J connectivity index is 4.11. The van der Waals surface area contributed by atoms with Crippen molar-refractivity contribution < 1.29 is 14.7 Å². The summed E-state index contributed by atoms with van der Waals surface area (Å²) in [6.45, 7) is 4.40. The van der Waals surface area contributed by atoms with Gasteiger partial charge in [-0.25, -0.2) is 0 Å². The molecule has 0 aromatic rings. The van der Waals surface area contributed by atoms with E-state index in [9.17, 15) is 4.79 Å². The average Bonchev–Trinajstić information content (AvgIpc) is 2.16. The fraction of sp³-hybridized carbons (Fsp3) is 0.778. The monoisotopic (exact) mass is 217 g/mol. The Kier molecular flexibility index (Phi) is 6.44. The van der Waals surface area contributed by atoms with Crippen molar-refractivity contribution in [3.8, 4) is 0 Å². The van der Waals surface area contributed by atoms with Crippen molar-refractivity contribution in [2.45, 2.75) is 26.3 Å². The predicted molar refractivity (Wildman–Crippen MR) is 56.7 cm³/mol. The first-order chi connectivity index (χ1) is 7.01. The Morgan fingerprint density at radius 2 is 2.20 bits per heavy atom. The summed E-state index contributed by atoms with van der Waals surface area (Å²) >= 11 is 0. The number of carbonyl (C=O) groups is 1. The van der Waals surface area contributed by atoms with Gasteiger partial charge in [-0.15, -0.1) is 0 Å². The van der Waals surface area contributed by atoms with Crippen molar-refractivity contribution in [3.05, 3.63) is 0 Å². The highest BCUT2D eigenvalue weighted by Crippen LogP contribution is 2.02. The normalized spacial score (nSPS) is 14.0. The van der Waals surface area contributed by atoms with Gasteiger partial charge in [0, 0.05) is 7.11 Å². The summed E-state index contributed by atoms with van der Waals surface area (Å²) in [4.78, 5) is 11.4. The van der Waals surface area contributed by atoms with Crippen LogP contribution in [0.5, 0.6) is 0 Å². The highest BCUT2D eigenvalue weighted by molar-refractivity contribution is 5.98. The van der Waals surface area contributed by atoms with Crippen LogP contribution >= 0.6 is 0 Å². The molecule has 0 heterocycles. The third-order valence-electron chi connectivity index (χ3n) is 1.97. The zero-order valence-electron chi connectivity index (χ0n) is 9.36. The lowest BCUT2D eigenvalue weighted by molar-refractivity contribution is -0.121. The maximum absolute atomic E-state index is 11.4. The molecule has 4 N–H and O–H groups in total. The predicted octanol–water partition coefficient (Wildman–Crippen LogP) is -0.0899. The van der Waals surface area contributed by atoms with Crippen molar-refractivity contribution >= 4 is 11.7 Å². The zero-order chi connectivity index (χ0) is 11.8. The number of carbonyl (C=O) groups excluding carboxylic acids is 1. The molecule has 6 nitrogen and oxygen atoms in total. The van der Waals surface area contributed by atoms with Gasteiger partial charge in [-0.3, -0.25) is 4.79 Å². The topological polar surface area (TPSA) is 96.9 Å². The SMILES string of the molecule is COCC(NC(=O)CC(N)=NO)C(C)C. The van der Waals surface area contributed by atoms with Crippen LogP contribution in [0.25, 0.3) is 0 Å². The fourth-order valence-electron chi connectivity index (χ4n) is 1.04. The third-order valence-corrected chi connectivity index (χ3v) is 1.97. The summed E-state index contributed by atoms with van der Waals surface area (Å²) in [7, 11) is 1.57. The molecule has 15 heavy (non-hydrogen) atoms. The minimum atomic E-state index is -0.277. The second-order valence-electron chi connectivity index (χ2n) is 3.64. The summed E-state index contributed by atoms with van der Waals surface area (Å²) in [6.07, 6.45) is -0.108. The molecule has 0 aromatic heterocycles. The maximum atomic E-state index is 11.4. The van der Waals surface area contributed by atoms with E-state index in [1.807, 2.05) is 13.8 Å². The Bertz CT molecular complexity index is 229. The largest absolute Gasteiger partial charge is 0.409 e. The molecule has 1 atom stereocenters. The molecule has 1 amide bonds. The fourth-order valence-corrected chi connectivity index (χ4v) is 1.04. The van der Waals surface area contributed by atoms with Crippen molar-refractivity contribution in [3.63, 3.8) is 0 Å². The summed E-state index contributed by atoms with van der Waals surface area (Å²) < 4.78 is 4.97. The van der Waals surface area contributed by atoms with E-state index >= 15 is 0 Å². The van der Waals surface area contributed by atoms with Crippen LogP contribution in [0.15, 0.2) is 5.16 Å². The van der Waals surface area contributed by atoms with E-state index in [0.717, 1.165) is 0 Å². The molecule has 0 spiro atoms. The molecule has 0 aromatic carbocycles. The van der Waals surface area contributed by atoms with Gasteiger partial charge in [0.25, 0.3) is 0 Å². The molecule has 1 unspecified atom stereocenters. The summed E-state index contributed by atoms with van der Waals surface area (Å²) in [6, 6.07) is -0.0611. The average molecular weight is 217 g/mol. The van der Waals surface area contributed by atoms with Crippen molar-refractivity contribution in [1.82, 2.24) is 5.32 Å². The van der Waals surface area contributed by atoms with Crippen LogP contribution in [0.3, 0.4) is 0 Å². The standard InChI is InChI=1S/C9H19N3O3/c1-6(2)7(5-15-3)11-9(13)4-8(10)12-14/h6-7,14H,4-5H2,1-3H3,(H2,10,12)(H,11,13). The number of hydrogen-bond donors (Lipinski definition) is 3. The number of amidine groups is 1. The van der Waals surface area contributed by atoms with Crippen LogP contribution in [-0.2, 0) is 9.53 Å². The van der Waals surface area contributed by atoms with Crippen LogP contribution in [0.1, 0.15) is 20.3 Å². The third kappa shape index (κ3) is 5.90. The van der Waals surface area contributed by atoms with E-state index in [4.69, 9.17) is 15.7 Å². The molecule has 0 aliphatic heterocycles. The number of ether oxygens (including phenoxy) is 1. The number of oxime groups is 1. The lowest BCUT2D eigenvalue weighted by atomic mass is 10.1. The molecule has 0 rings (SSSR count). The quantitative estimate of drug-likeness (QED) is 0.251. The van der Waals surface area contributed by atoms with E-state index in [1.165, 1.54) is 0 Å². The van der Waals surface area contributed by atoms with E-state index in [0.29, 0.717) is 6.61 Å². The lowest BCUT2D eigenvalue weighted by Gasteiger charge is -2.21. The van der Waals surface area contributed by atoms with Gasteiger partial charge in [0.1, 0.15) is 5.84 Å². The Hall–Kier alpha value is -1.30. The second kappa shape index (κ2) is 7.05. The van der Waals surface area contributed by atoms with E-state index in [1.54, 1.807) is 7.11 Å². The first-order valence-electron chi connectivity index (χ1n) is 4.76. The molecule has 0 fully saturated rings. The van der Waals surface area contributed by atoms with Crippen molar-refractivity contribution in [1.29, 1.82) is 0 Å². The number of nitrogens with one attached hydrogen (secondary N) is 1. The summed E-state index contributed by atoms with van der Waals surface area (Å²) in [5.74, 6) is -0.116. The number of methoxy groups -OCH3 is 1. The van der Waals surface area contributed by atoms with Crippen molar-refractivity contribution in [2.24, 2.45) is 16.8 Å². The highest BCUT2D eigenvalue weighted by Gasteiger charge is 2.16. The Morgan fingerprint density at radius 3 is 2.60 bits per heavy atom. The molecule has 0 radical (unpaired) electrons. The zero-order valence-corrected chi connectivity index (χ0v) is 9.36. The van der Waals surface area contributed by atoms with E-state index in [2.05, 4.69) is 10.5 Å². The van der Waals surface area contributed by atoms with Crippen LogP contribution in [0.2, 0.25) is 0 Å². The van der Waals surface area contributed by atoms with E-state index in [-0.39, 0.29) is 30.1 Å². The molecule has 0 saturated carbocycles. The maximum Gasteiger partial charge on any atom is 0.228 e. The van der Waals surface area contributed by atoms with Gasteiger partial charge in [0.15, 0.2) is 0 Å². The molecule has 0 bridgehead atoms. The summed E-state index contributed by atoms with van der Waals surface area (Å²) in [5.41, 5.74) is 5.21. The molecular formula is C9H19N3O3.